The van der Waals surface area contributed by atoms with Crippen LogP contribution in [0.25, 0.3) is 0 Å². The number of halogens is 1. The monoisotopic (exact) mass is 397 g/mol. The van der Waals surface area contributed by atoms with E-state index in [4.69, 9.17) is 8.94 Å². The molecule has 2 heterocycles. The molecule has 1 aliphatic rings. The maximum atomic E-state index is 12.9. The van der Waals surface area contributed by atoms with Crippen LogP contribution in [0.3, 0.4) is 0 Å². The van der Waals surface area contributed by atoms with Gasteiger partial charge in [0, 0.05) is 18.5 Å². The van der Waals surface area contributed by atoms with Crippen molar-refractivity contribution >= 4 is 11.8 Å². The first-order valence-corrected chi connectivity index (χ1v) is 9.38. The van der Waals surface area contributed by atoms with Crippen molar-refractivity contribution in [1.82, 2.24) is 15.4 Å². The van der Waals surface area contributed by atoms with Gasteiger partial charge in [0.05, 0.1) is 19.4 Å². The summed E-state index contributed by atoms with van der Waals surface area (Å²) in [5.41, 5.74) is 0.891. The van der Waals surface area contributed by atoms with Gasteiger partial charge in [0.2, 0.25) is 5.91 Å². The highest BCUT2D eigenvalue weighted by Crippen LogP contribution is 2.32. The number of rotatable bonds is 8. The third-order valence-corrected chi connectivity index (χ3v) is 4.67. The fourth-order valence-electron chi connectivity index (χ4n) is 2.95. The van der Waals surface area contributed by atoms with Crippen LogP contribution in [0.5, 0.6) is 0 Å². The van der Waals surface area contributed by atoms with Crippen molar-refractivity contribution in [2.75, 3.05) is 0 Å². The van der Waals surface area contributed by atoms with Crippen molar-refractivity contribution in [2.24, 2.45) is 5.92 Å². The van der Waals surface area contributed by atoms with Crippen molar-refractivity contribution in [1.29, 1.82) is 0 Å². The quantitative estimate of drug-likeness (QED) is 0.630. The van der Waals surface area contributed by atoms with Crippen molar-refractivity contribution in [3.8, 4) is 0 Å². The predicted molar refractivity (Wildman–Crippen MR) is 99.8 cm³/mol. The topological polar surface area (TPSA) is 88.6 Å². The molecule has 8 heteroatoms. The van der Waals surface area contributed by atoms with Crippen LogP contribution < -0.4 is 5.32 Å². The van der Waals surface area contributed by atoms with Crippen molar-refractivity contribution in [3.05, 3.63) is 77.3 Å². The van der Waals surface area contributed by atoms with Crippen molar-refractivity contribution < 1.29 is 22.9 Å². The second-order valence-corrected chi connectivity index (χ2v) is 7.04. The summed E-state index contributed by atoms with van der Waals surface area (Å²) in [6, 6.07) is 11.0. The molecule has 2 amide bonds. The molecule has 1 N–H and O–H groups in total. The molecule has 0 bridgehead atoms. The van der Waals surface area contributed by atoms with E-state index >= 15 is 0 Å². The lowest BCUT2D eigenvalue weighted by atomic mass is 10.2. The first-order chi connectivity index (χ1) is 14.1. The molecule has 1 saturated carbocycles. The Bertz CT molecular complexity index is 978. The van der Waals surface area contributed by atoms with Gasteiger partial charge < -0.3 is 19.2 Å². The molecule has 0 unspecified atom stereocenters. The highest BCUT2D eigenvalue weighted by molar-refractivity contribution is 5.92. The molecule has 7 nitrogen and oxygen atoms in total. The van der Waals surface area contributed by atoms with Crippen LogP contribution in [0.15, 0.2) is 57.7 Å². The number of carbonyl (C=O) groups excluding carboxylic acids is 2. The molecule has 0 radical (unpaired) electrons. The first-order valence-electron chi connectivity index (χ1n) is 9.38. The summed E-state index contributed by atoms with van der Waals surface area (Å²) in [7, 11) is 0. The Morgan fingerprint density at radius 3 is 2.59 bits per heavy atom. The van der Waals surface area contributed by atoms with E-state index in [1.165, 1.54) is 18.2 Å². The van der Waals surface area contributed by atoms with E-state index in [9.17, 15) is 14.0 Å². The van der Waals surface area contributed by atoms with Crippen LogP contribution in [-0.4, -0.2) is 21.9 Å². The molecular formula is C21H20FN3O4. The molecular weight excluding hydrogens is 377 g/mol. The number of nitrogens with zero attached hydrogens (tertiary/aromatic N) is 2. The van der Waals surface area contributed by atoms with E-state index in [-0.39, 0.29) is 36.4 Å². The van der Waals surface area contributed by atoms with Crippen LogP contribution in [-0.2, 0) is 24.4 Å². The lowest BCUT2D eigenvalue weighted by Gasteiger charge is -2.20. The van der Waals surface area contributed by atoms with Gasteiger partial charge in [0.1, 0.15) is 11.6 Å². The SMILES string of the molecule is O=C(NCc1ccc(F)cc1)c1cc(CN(Cc2ccco2)C(=O)C2CC2)on1. The molecule has 2 aromatic heterocycles. The van der Waals surface area contributed by atoms with Gasteiger partial charge in [-0.2, -0.15) is 0 Å². The third-order valence-electron chi connectivity index (χ3n) is 4.67. The molecule has 29 heavy (non-hydrogen) atoms. The molecule has 1 fully saturated rings. The average molecular weight is 397 g/mol. The average Bonchev–Trinajstić information content (AvgIpc) is 3.24. The Morgan fingerprint density at radius 1 is 1.14 bits per heavy atom. The van der Waals surface area contributed by atoms with Gasteiger partial charge in [-0.05, 0) is 42.7 Å². The summed E-state index contributed by atoms with van der Waals surface area (Å²) >= 11 is 0. The summed E-state index contributed by atoms with van der Waals surface area (Å²) < 4.78 is 23.6. The Balaban J connectivity index is 1.37. The van der Waals surface area contributed by atoms with E-state index in [1.54, 1.807) is 29.4 Å². The second-order valence-electron chi connectivity index (χ2n) is 7.04. The maximum Gasteiger partial charge on any atom is 0.273 e. The summed E-state index contributed by atoms with van der Waals surface area (Å²) in [5, 5.41) is 6.51. The van der Waals surface area contributed by atoms with Crippen LogP contribution in [0, 0.1) is 11.7 Å². The van der Waals surface area contributed by atoms with Crippen molar-refractivity contribution in [3.63, 3.8) is 0 Å². The third kappa shape index (κ3) is 4.90. The lowest BCUT2D eigenvalue weighted by Crippen LogP contribution is -2.31. The number of aromatic nitrogens is 1. The molecule has 0 atom stereocenters. The van der Waals surface area contributed by atoms with E-state index in [0.29, 0.717) is 18.1 Å². The standard InChI is InChI=1S/C21H20FN3O4/c22-16-7-3-14(4-8-16)11-23-20(26)19-10-18(29-24-19)13-25(21(27)15-5-6-15)12-17-2-1-9-28-17/h1-4,7-10,15H,5-6,11-13H2,(H,23,26). The fourth-order valence-corrected chi connectivity index (χ4v) is 2.95. The van der Waals surface area contributed by atoms with Crippen LogP contribution >= 0.6 is 0 Å². The zero-order valence-electron chi connectivity index (χ0n) is 15.6. The van der Waals surface area contributed by atoms with Crippen LogP contribution in [0.4, 0.5) is 4.39 Å². The number of nitrogens with one attached hydrogen (secondary N) is 1. The van der Waals surface area contributed by atoms with E-state index in [0.717, 1.165) is 18.4 Å². The van der Waals surface area contributed by atoms with Gasteiger partial charge in [0.15, 0.2) is 11.5 Å². The van der Waals surface area contributed by atoms with Gasteiger partial charge in [-0.25, -0.2) is 4.39 Å². The molecule has 150 valence electrons. The van der Waals surface area contributed by atoms with Gasteiger partial charge in [-0.15, -0.1) is 0 Å². The molecule has 3 aromatic rings. The van der Waals surface area contributed by atoms with E-state index < -0.39 is 5.91 Å². The van der Waals surface area contributed by atoms with Gasteiger partial charge in [-0.1, -0.05) is 17.3 Å². The minimum atomic E-state index is -0.407. The highest BCUT2D eigenvalue weighted by Gasteiger charge is 2.34. The number of amides is 2. The van der Waals surface area contributed by atoms with Gasteiger partial charge >= 0.3 is 0 Å². The molecule has 0 saturated heterocycles. The molecule has 1 aliphatic carbocycles. The Kier molecular flexibility index (Phi) is 5.41. The fraction of sp³-hybridized carbons (Fsp3) is 0.286. The lowest BCUT2D eigenvalue weighted by molar-refractivity contribution is -0.134. The molecule has 0 aliphatic heterocycles. The first kappa shape index (κ1) is 18.9. The summed E-state index contributed by atoms with van der Waals surface area (Å²) in [6.07, 6.45) is 3.34. The largest absolute Gasteiger partial charge is 0.467 e. The summed E-state index contributed by atoms with van der Waals surface area (Å²) in [5.74, 6) is 0.441. The van der Waals surface area contributed by atoms with Gasteiger partial charge in [0.25, 0.3) is 5.91 Å². The molecule has 0 spiro atoms. The van der Waals surface area contributed by atoms with E-state index in [1.807, 2.05) is 6.07 Å². The highest BCUT2D eigenvalue weighted by atomic mass is 19.1. The number of hydrogen-bond donors (Lipinski definition) is 1. The smallest absolute Gasteiger partial charge is 0.273 e. The van der Waals surface area contributed by atoms with Gasteiger partial charge in [-0.3, -0.25) is 9.59 Å². The normalized spacial score (nSPS) is 13.3. The maximum absolute atomic E-state index is 12.9. The number of benzene rings is 1. The van der Waals surface area contributed by atoms with Crippen LogP contribution in [0.2, 0.25) is 0 Å². The Hall–Kier alpha value is -3.42. The Labute approximate surface area is 166 Å². The van der Waals surface area contributed by atoms with Crippen LogP contribution in [0.1, 0.15) is 40.4 Å². The number of furan rings is 1. The molecule has 4 rings (SSSR count). The number of hydrogen-bond acceptors (Lipinski definition) is 5. The minimum Gasteiger partial charge on any atom is -0.467 e. The Morgan fingerprint density at radius 2 is 1.90 bits per heavy atom. The minimum absolute atomic E-state index is 0.0418. The predicted octanol–water partition coefficient (Wildman–Crippen LogP) is 3.28. The summed E-state index contributed by atoms with van der Waals surface area (Å²) in [6.45, 7) is 0.773. The zero-order valence-corrected chi connectivity index (χ0v) is 15.6. The zero-order chi connectivity index (χ0) is 20.2. The second kappa shape index (κ2) is 8.30. The molecule has 1 aromatic carbocycles. The number of carbonyl (C=O) groups is 2. The van der Waals surface area contributed by atoms with Crippen molar-refractivity contribution in [2.45, 2.75) is 32.5 Å². The van der Waals surface area contributed by atoms with E-state index in [2.05, 4.69) is 10.5 Å². The summed E-state index contributed by atoms with van der Waals surface area (Å²) in [4.78, 5) is 26.5.